The minimum Gasteiger partial charge on any atom is -0.550 e. The summed E-state index contributed by atoms with van der Waals surface area (Å²) in [7, 11) is -3.81. The van der Waals surface area contributed by atoms with Crippen molar-refractivity contribution in [1.29, 1.82) is 0 Å². The zero-order valence-corrected chi connectivity index (χ0v) is 13.4. The molecule has 8 heteroatoms. The molecule has 0 amide bonds. The summed E-state index contributed by atoms with van der Waals surface area (Å²) >= 11 is 11.6. The Morgan fingerprint density at radius 2 is 1.68 bits per heavy atom. The fourth-order valence-electron chi connectivity index (χ4n) is 1.72. The standard InChI is InChI=1S/C14H11Cl2NO4S/c15-12-6-5-11(8-13(12)16)22(20,21)17-10-3-1-9(2-4-10)7-14(18)19/h1-6,8,17H,7H2,(H,18,19)/p-1. The Kier molecular flexibility index (Phi) is 4.95. The minimum absolute atomic E-state index is 0.0271. The predicted molar refractivity (Wildman–Crippen MR) is 82.4 cm³/mol. The average Bonchev–Trinajstić information content (AvgIpc) is 2.43. The summed E-state index contributed by atoms with van der Waals surface area (Å²) in [5.41, 5.74) is 0.811. The third-order valence-corrected chi connectivity index (χ3v) is 4.87. The van der Waals surface area contributed by atoms with Crippen molar-refractivity contribution < 1.29 is 18.3 Å². The van der Waals surface area contributed by atoms with Crippen molar-refractivity contribution in [3.05, 3.63) is 58.1 Å². The molecule has 0 heterocycles. The van der Waals surface area contributed by atoms with Gasteiger partial charge in [0.1, 0.15) is 0 Å². The average molecular weight is 359 g/mol. The predicted octanol–water partition coefficient (Wildman–Crippen LogP) is 2.09. The normalized spacial score (nSPS) is 11.2. The molecule has 0 unspecified atom stereocenters. The summed E-state index contributed by atoms with van der Waals surface area (Å²) in [6, 6.07) is 9.91. The van der Waals surface area contributed by atoms with Crippen LogP contribution in [0.1, 0.15) is 5.56 Å². The molecule has 0 spiro atoms. The van der Waals surface area contributed by atoms with Gasteiger partial charge in [-0.1, -0.05) is 35.3 Å². The zero-order chi connectivity index (χ0) is 16.3. The van der Waals surface area contributed by atoms with Crippen LogP contribution in [0, 0.1) is 0 Å². The second kappa shape index (κ2) is 6.56. The van der Waals surface area contributed by atoms with Gasteiger partial charge < -0.3 is 9.90 Å². The van der Waals surface area contributed by atoms with Gasteiger partial charge >= 0.3 is 0 Å². The monoisotopic (exact) mass is 358 g/mol. The smallest absolute Gasteiger partial charge is 0.261 e. The van der Waals surface area contributed by atoms with E-state index in [0.29, 0.717) is 11.3 Å². The van der Waals surface area contributed by atoms with Gasteiger partial charge in [-0.3, -0.25) is 4.72 Å². The molecular weight excluding hydrogens is 349 g/mol. The molecule has 2 aromatic rings. The molecule has 2 aromatic carbocycles. The maximum atomic E-state index is 12.2. The van der Waals surface area contributed by atoms with Crippen molar-refractivity contribution in [1.82, 2.24) is 0 Å². The van der Waals surface area contributed by atoms with Crippen molar-refractivity contribution in [2.75, 3.05) is 4.72 Å². The minimum atomic E-state index is -3.81. The van der Waals surface area contributed by atoms with E-state index in [4.69, 9.17) is 23.2 Å². The number of sulfonamides is 1. The van der Waals surface area contributed by atoms with Crippen LogP contribution in [0.2, 0.25) is 10.0 Å². The third-order valence-electron chi connectivity index (χ3n) is 2.76. The molecule has 0 saturated heterocycles. The largest absolute Gasteiger partial charge is 0.550 e. The molecule has 0 radical (unpaired) electrons. The lowest BCUT2D eigenvalue weighted by molar-refractivity contribution is -0.304. The van der Waals surface area contributed by atoms with E-state index < -0.39 is 16.0 Å². The SMILES string of the molecule is O=C([O-])Cc1ccc(NS(=O)(=O)c2ccc(Cl)c(Cl)c2)cc1. The van der Waals surface area contributed by atoms with Gasteiger partial charge in [0.2, 0.25) is 0 Å². The Morgan fingerprint density at radius 3 is 2.23 bits per heavy atom. The van der Waals surface area contributed by atoms with Crippen molar-refractivity contribution >= 4 is 44.9 Å². The van der Waals surface area contributed by atoms with Crippen LogP contribution in [0.25, 0.3) is 0 Å². The van der Waals surface area contributed by atoms with Crippen LogP contribution in [0.15, 0.2) is 47.4 Å². The van der Waals surface area contributed by atoms with E-state index >= 15 is 0 Å². The number of hydrogen-bond donors (Lipinski definition) is 1. The molecule has 5 nitrogen and oxygen atoms in total. The summed E-state index contributed by atoms with van der Waals surface area (Å²) in [6.07, 6.45) is -0.236. The molecule has 0 saturated carbocycles. The first-order valence-corrected chi connectivity index (χ1v) is 8.28. The van der Waals surface area contributed by atoms with Crippen molar-refractivity contribution in [2.45, 2.75) is 11.3 Å². The fraction of sp³-hybridized carbons (Fsp3) is 0.0714. The summed E-state index contributed by atoms with van der Waals surface area (Å²) in [6.45, 7) is 0. The van der Waals surface area contributed by atoms with E-state index in [9.17, 15) is 18.3 Å². The molecule has 116 valence electrons. The van der Waals surface area contributed by atoms with Crippen LogP contribution in [0.3, 0.4) is 0 Å². The summed E-state index contributed by atoms with van der Waals surface area (Å²) in [5.74, 6) is -1.20. The zero-order valence-electron chi connectivity index (χ0n) is 11.0. The van der Waals surface area contributed by atoms with Crippen LogP contribution < -0.4 is 9.83 Å². The van der Waals surface area contributed by atoms with Gasteiger partial charge in [-0.05, 0) is 35.9 Å². The Morgan fingerprint density at radius 1 is 1.05 bits per heavy atom. The molecule has 0 bridgehead atoms. The van der Waals surface area contributed by atoms with Gasteiger partial charge in [-0.25, -0.2) is 8.42 Å². The van der Waals surface area contributed by atoms with E-state index in [1.807, 2.05) is 0 Å². The highest BCUT2D eigenvalue weighted by Crippen LogP contribution is 2.26. The highest BCUT2D eigenvalue weighted by atomic mass is 35.5. The summed E-state index contributed by atoms with van der Waals surface area (Å²) in [5, 5.41) is 10.9. The van der Waals surface area contributed by atoms with E-state index in [1.165, 1.54) is 42.5 Å². The van der Waals surface area contributed by atoms with Crippen LogP contribution in [-0.2, 0) is 21.2 Å². The number of carbonyl (C=O) groups is 1. The van der Waals surface area contributed by atoms with Crippen LogP contribution in [-0.4, -0.2) is 14.4 Å². The lowest BCUT2D eigenvalue weighted by atomic mass is 10.1. The maximum absolute atomic E-state index is 12.2. The van der Waals surface area contributed by atoms with E-state index in [1.54, 1.807) is 0 Å². The van der Waals surface area contributed by atoms with Gasteiger partial charge in [-0.2, -0.15) is 0 Å². The van der Waals surface area contributed by atoms with Gasteiger partial charge in [0.25, 0.3) is 10.0 Å². The first kappa shape index (κ1) is 16.6. The number of benzene rings is 2. The van der Waals surface area contributed by atoms with Crippen LogP contribution in [0.5, 0.6) is 0 Å². The van der Waals surface area contributed by atoms with E-state index in [2.05, 4.69) is 4.72 Å². The quantitative estimate of drug-likeness (QED) is 0.886. The molecule has 22 heavy (non-hydrogen) atoms. The highest BCUT2D eigenvalue weighted by molar-refractivity contribution is 7.92. The highest BCUT2D eigenvalue weighted by Gasteiger charge is 2.15. The number of carbonyl (C=O) groups excluding carboxylic acids is 1. The maximum Gasteiger partial charge on any atom is 0.261 e. The summed E-state index contributed by atoms with van der Waals surface area (Å²) < 4.78 is 26.8. The van der Waals surface area contributed by atoms with Crippen molar-refractivity contribution in [3.63, 3.8) is 0 Å². The van der Waals surface area contributed by atoms with Gasteiger partial charge in [0, 0.05) is 18.1 Å². The number of hydrogen-bond acceptors (Lipinski definition) is 4. The molecule has 0 aliphatic rings. The first-order chi connectivity index (χ1) is 10.3. The van der Waals surface area contributed by atoms with E-state index in [-0.39, 0.29) is 21.4 Å². The van der Waals surface area contributed by atoms with Crippen LogP contribution >= 0.6 is 23.2 Å². The first-order valence-electron chi connectivity index (χ1n) is 6.04. The number of carboxylic acid groups (broad SMARTS) is 1. The molecule has 2 rings (SSSR count). The Hall–Kier alpha value is -1.76. The van der Waals surface area contributed by atoms with Gasteiger partial charge in [0.05, 0.1) is 14.9 Å². The second-order valence-corrected chi connectivity index (χ2v) is 6.92. The molecule has 0 aliphatic heterocycles. The molecule has 0 fully saturated rings. The number of anilines is 1. The Balaban J connectivity index is 2.21. The lowest BCUT2D eigenvalue weighted by Crippen LogP contribution is -2.24. The molecule has 0 atom stereocenters. The topological polar surface area (TPSA) is 86.3 Å². The molecular formula is C14H10Cl2NO4S-. The fourth-order valence-corrected chi connectivity index (χ4v) is 3.16. The number of nitrogens with one attached hydrogen (secondary N) is 1. The van der Waals surface area contributed by atoms with Crippen molar-refractivity contribution in [2.24, 2.45) is 0 Å². The molecule has 0 aromatic heterocycles. The van der Waals surface area contributed by atoms with E-state index in [0.717, 1.165) is 0 Å². The second-order valence-electron chi connectivity index (χ2n) is 4.43. The van der Waals surface area contributed by atoms with Crippen LogP contribution in [0.4, 0.5) is 5.69 Å². The lowest BCUT2D eigenvalue weighted by Gasteiger charge is -2.10. The number of carboxylic acids is 1. The Labute approximate surface area is 137 Å². The number of halogens is 2. The number of aliphatic carboxylic acids is 1. The van der Waals surface area contributed by atoms with Gasteiger partial charge in [0.15, 0.2) is 0 Å². The molecule has 0 aliphatic carbocycles. The summed E-state index contributed by atoms with van der Waals surface area (Å²) in [4.78, 5) is 10.5. The van der Waals surface area contributed by atoms with Crippen molar-refractivity contribution in [3.8, 4) is 0 Å². The molecule has 1 N–H and O–H groups in total. The number of rotatable bonds is 5. The third kappa shape index (κ3) is 4.13. The Bertz CT molecular complexity index is 804. The van der Waals surface area contributed by atoms with Gasteiger partial charge in [-0.15, -0.1) is 0 Å².